The zero-order valence-electron chi connectivity index (χ0n) is 19.6. The molecule has 1 unspecified atom stereocenters. The summed E-state index contributed by atoms with van der Waals surface area (Å²) >= 11 is 0. The average Bonchev–Trinajstić information content (AvgIpc) is 2.83. The van der Waals surface area contributed by atoms with Crippen LogP contribution in [0.15, 0.2) is 30.3 Å². The zero-order valence-corrected chi connectivity index (χ0v) is 19.6. The number of hydrogen-bond donors (Lipinski definition) is 0. The summed E-state index contributed by atoms with van der Waals surface area (Å²) in [6.45, 7) is 4.32. The highest BCUT2D eigenvalue weighted by atomic mass is 16.6. The van der Waals surface area contributed by atoms with E-state index >= 15 is 0 Å². The fourth-order valence-electron chi connectivity index (χ4n) is 2.26. The molecule has 32 heavy (non-hydrogen) atoms. The minimum atomic E-state index is -0.568. The Hall–Kier alpha value is -2.90. The molecule has 0 spiro atoms. The molecule has 0 radical (unpaired) electrons. The Bertz CT molecular complexity index is 672. The van der Waals surface area contributed by atoms with Gasteiger partial charge in [0.25, 0.3) is 0 Å². The number of carbonyl (C=O) groups excluding carboxylic acids is 4. The Labute approximate surface area is 190 Å². The fraction of sp³-hybridized carbons (Fsp3) is 0.583. The summed E-state index contributed by atoms with van der Waals surface area (Å²) in [5.41, 5.74) is 0.621. The number of esters is 4. The van der Waals surface area contributed by atoms with Crippen LogP contribution in [0.4, 0.5) is 0 Å². The van der Waals surface area contributed by atoms with Crippen molar-refractivity contribution in [2.45, 2.75) is 58.8 Å². The summed E-state index contributed by atoms with van der Waals surface area (Å²) in [6, 6.07) is 9.07. The van der Waals surface area contributed by atoms with Crippen molar-refractivity contribution in [1.82, 2.24) is 0 Å². The number of carbonyl (C=O) groups is 4. The van der Waals surface area contributed by atoms with Gasteiger partial charge in [0.1, 0.15) is 0 Å². The summed E-state index contributed by atoms with van der Waals surface area (Å²) in [5, 5.41) is 0. The first-order valence-electron chi connectivity index (χ1n) is 10.8. The Morgan fingerprint density at radius 1 is 0.781 bits per heavy atom. The molecular formula is C24H36O8. The predicted octanol–water partition coefficient (Wildman–Crippen LogP) is 4.11. The molecule has 0 N–H and O–H groups in total. The van der Waals surface area contributed by atoms with Gasteiger partial charge in [-0.1, -0.05) is 51.3 Å². The molecular weight excluding hydrogens is 416 g/mol. The van der Waals surface area contributed by atoms with Crippen LogP contribution >= 0.6 is 0 Å². The molecule has 1 aromatic carbocycles. The van der Waals surface area contributed by atoms with Crippen molar-refractivity contribution in [2.24, 2.45) is 5.92 Å². The highest BCUT2D eigenvalue weighted by Crippen LogP contribution is 2.07. The van der Waals surface area contributed by atoms with Crippen LogP contribution in [-0.4, -0.2) is 51.3 Å². The number of ether oxygens (including phenoxy) is 4. The second kappa shape index (κ2) is 18.8. The maximum atomic E-state index is 11.4. The number of methoxy groups -OCH3 is 2. The molecule has 8 heteroatoms. The van der Waals surface area contributed by atoms with Gasteiger partial charge >= 0.3 is 23.9 Å². The molecule has 8 nitrogen and oxygen atoms in total. The van der Waals surface area contributed by atoms with Crippen molar-refractivity contribution in [3.63, 3.8) is 0 Å². The van der Waals surface area contributed by atoms with E-state index in [0.29, 0.717) is 30.9 Å². The van der Waals surface area contributed by atoms with Gasteiger partial charge in [-0.2, -0.15) is 0 Å². The second-order valence-electron chi connectivity index (χ2n) is 7.21. The lowest BCUT2D eigenvalue weighted by Crippen LogP contribution is -2.14. The van der Waals surface area contributed by atoms with E-state index in [9.17, 15) is 19.2 Å². The van der Waals surface area contributed by atoms with Gasteiger partial charge in [0.15, 0.2) is 6.61 Å². The van der Waals surface area contributed by atoms with Crippen molar-refractivity contribution in [3.05, 3.63) is 35.9 Å². The van der Waals surface area contributed by atoms with Gasteiger partial charge in [0.05, 0.1) is 26.4 Å². The smallest absolute Gasteiger partial charge is 0.344 e. The number of hydrogen-bond acceptors (Lipinski definition) is 8. The molecule has 1 rings (SSSR count). The van der Waals surface area contributed by atoms with Gasteiger partial charge in [-0.25, -0.2) is 9.59 Å². The summed E-state index contributed by atoms with van der Waals surface area (Å²) in [5.74, 6) is -0.990. The van der Waals surface area contributed by atoms with Crippen molar-refractivity contribution in [1.29, 1.82) is 0 Å². The predicted molar refractivity (Wildman–Crippen MR) is 119 cm³/mol. The van der Waals surface area contributed by atoms with E-state index in [4.69, 9.17) is 4.74 Å². The molecule has 0 aliphatic heterocycles. The largest absolute Gasteiger partial charge is 0.469 e. The molecule has 0 bridgehead atoms. The molecule has 0 saturated heterocycles. The highest BCUT2D eigenvalue weighted by Gasteiger charge is 2.08. The Morgan fingerprint density at radius 3 is 1.88 bits per heavy atom. The molecule has 0 saturated carbocycles. The minimum absolute atomic E-state index is 0.215. The van der Waals surface area contributed by atoms with E-state index < -0.39 is 11.9 Å². The van der Waals surface area contributed by atoms with Crippen molar-refractivity contribution < 1.29 is 38.1 Å². The van der Waals surface area contributed by atoms with E-state index in [1.54, 1.807) is 12.1 Å². The van der Waals surface area contributed by atoms with Crippen molar-refractivity contribution >= 4 is 23.9 Å². The van der Waals surface area contributed by atoms with E-state index in [1.807, 2.05) is 18.2 Å². The second-order valence-corrected chi connectivity index (χ2v) is 7.21. The molecule has 0 heterocycles. The van der Waals surface area contributed by atoms with Gasteiger partial charge in [0, 0.05) is 12.8 Å². The van der Waals surface area contributed by atoms with E-state index in [2.05, 4.69) is 28.1 Å². The van der Waals surface area contributed by atoms with Gasteiger partial charge in [-0.15, -0.1) is 0 Å². The molecule has 180 valence electrons. The van der Waals surface area contributed by atoms with Crippen molar-refractivity contribution in [2.75, 3.05) is 27.4 Å². The lowest BCUT2D eigenvalue weighted by Gasteiger charge is -2.09. The van der Waals surface area contributed by atoms with Crippen LogP contribution in [0.25, 0.3) is 0 Å². The zero-order chi connectivity index (χ0) is 24.2. The third-order valence-electron chi connectivity index (χ3n) is 4.52. The lowest BCUT2D eigenvalue weighted by molar-refractivity contribution is -0.157. The van der Waals surface area contributed by atoms with Crippen LogP contribution in [0.5, 0.6) is 0 Å². The summed E-state index contributed by atoms with van der Waals surface area (Å²) in [7, 11) is 2.59. The number of unbranched alkanes of at least 4 members (excludes halogenated alkanes) is 3. The number of benzene rings is 1. The van der Waals surface area contributed by atoms with Crippen molar-refractivity contribution in [3.8, 4) is 0 Å². The normalized spacial score (nSPS) is 10.8. The molecule has 0 amide bonds. The molecule has 0 aliphatic carbocycles. The van der Waals surface area contributed by atoms with Crippen LogP contribution in [0.2, 0.25) is 0 Å². The Kier molecular flexibility index (Phi) is 17.1. The van der Waals surface area contributed by atoms with E-state index in [1.165, 1.54) is 14.2 Å². The fourth-order valence-corrected chi connectivity index (χ4v) is 2.26. The average molecular weight is 453 g/mol. The standard InChI is InChI=1S/C12H20O6.C12H16O2/c1-16-10(13)7-5-3-4-6-8-11(14)18-9-12(15)17-2;1-3-10(2)9-14-12(13)11-7-5-4-6-8-11/h3-9H2,1-2H3;4-8,10H,3,9H2,1-2H3. The molecule has 1 aromatic rings. The third kappa shape index (κ3) is 15.9. The Balaban J connectivity index is 0.000000618. The van der Waals surface area contributed by atoms with E-state index in [-0.39, 0.29) is 25.0 Å². The summed E-state index contributed by atoms with van der Waals surface area (Å²) < 4.78 is 18.6. The summed E-state index contributed by atoms with van der Waals surface area (Å²) in [4.78, 5) is 44.1. The van der Waals surface area contributed by atoms with Crippen LogP contribution in [0.1, 0.15) is 69.2 Å². The quantitative estimate of drug-likeness (QED) is 0.250. The van der Waals surface area contributed by atoms with E-state index in [0.717, 1.165) is 25.7 Å². The van der Waals surface area contributed by atoms with Gasteiger partial charge in [0.2, 0.25) is 0 Å². The molecule has 1 atom stereocenters. The number of rotatable bonds is 13. The monoisotopic (exact) mass is 452 g/mol. The minimum Gasteiger partial charge on any atom is -0.469 e. The first-order chi connectivity index (χ1) is 15.3. The molecule has 0 aromatic heterocycles. The van der Waals surface area contributed by atoms with Gasteiger partial charge < -0.3 is 18.9 Å². The first-order valence-corrected chi connectivity index (χ1v) is 10.8. The summed E-state index contributed by atoms with van der Waals surface area (Å²) in [6.07, 6.45) is 4.84. The van der Waals surface area contributed by atoms with Gasteiger partial charge in [-0.3, -0.25) is 9.59 Å². The SMILES string of the molecule is CCC(C)COC(=O)c1ccccc1.COC(=O)CCCCCCC(=O)OCC(=O)OC. The molecule has 0 fully saturated rings. The first kappa shape index (κ1) is 29.1. The van der Waals surface area contributed by atoms with Gasteiger partial charge in [-0.05, 0) is 30.9 Å². The lowest BCUT2D eigenvalue weighted by atomic mass is 10.1. The van der Waals surface area contributed by atoms with Crippen LogP contribution in [0, 0.1) is 5.92 Å². The topological polar surface area (TPSA) is 105 Å². The molecule has 0 aliphatic rings. The van der Waals surface area contributed by atoms with Crippen LogP contribution in [-0.2, 0) is 33.3 Å². The maximum absolute atomic E-state index is 11.4. The van der Waals surface area contributed by atoms with Crippen LogP contribution < -0.4 is 0 Å². The Morgan fingerprint density at radius 2 is 1.34 bits per heavy atom. The third-order valence-corrected chi connectivity index (χ3v) is 4.52. The van der Waals surface area contributed by atoms with Crippen LogP contribution in [0.3, 0.4) is 0 Å². The maximum Gasteiger partial charge on any atom is 0.344 e. The highest BCUT2D eigenvalue weighted by molar-refractivity contribution is 5.89.